The average Bonchev–Trinajstić information content (AvgIpc) is 2.98. The van der Waals surface area contributed by atoms with Crippen LogP contribution in [0.3, 0.4) is 0 Å². The van der Waals surface area contributed by atoms with E-state index in [2.05, 4.69) is 10.1 Å². The molecule has 1 fully saturated rings. The van der Waals surface area contributed by atoms with Gasteiger partial charge in [0.1, 0.15) is 11.3 Å². The number of hydrogen-bond acceptors (Lipinski definition) is 6. The standard InChI is InChI=1S/C15H19N3O3/c1-10-9-11(3-4-12(10)19-2)13-17-14(21-18-13)15(16)5-7-20-8-6-15/h3-4,9H,5-8,16H2,1-2H3. The fraction of sp³-hybridized carbons (Fsp3) is 0.467. The molecule has 1 aromatic carbocycles. The van der Waals surface area contributed by atoms with Crippen molar-refractivity contribution in [1.82, 2.24) is 10.1 Å². The van der Waals surface area contributed by atoms with E-state index in [9.17, 15) is 0 Å². The van der Waals surface area contributed by atoms with Gasteiger partial charge in [0.25, 0.3) is 0 Å². The van der Waals surface area contributed by atoms with Gasteiger partial charge in [0.15, 0.2) is 0 Å². The Morgan fingerprint density at radius 3 is 2.71 bits per heavy atom. The first-order valence-electron chi connectivity index (χ1n) is 6.98. The Bertz CT molecular complexity index is 633. The quantitative estimate of drug-likeness (QED) is 0.930. The van der Waals surface area contributed by atoms with Crippen LogP contribution in [0.25, 0.3) is 11.4 Å². The Balaban J connectivity index is 1.89. The minimum absolute atomic E-state index is 0.481. The molecule has 2 N–H and O–H groups in total. The van der Waals surface area contributed by atoms with E-state index < -0.39 is 5.54 Å². The van der Waals surface area contributed by atoms with Gasteiger partial charge >= 0.3 is 0 Å². The highest BCUT2D eigenvalue weighted by Crippen LogP contribution is 2.30. The van der Waals surface area contributed by atoms with Gasteiger partial charge < -0.3 is 19.7 Å². The van der Waals surface area contributed by atoms with Crippen molar-refractivity contribution in [3.63, 3.8) is 0 Å². The highest BCUT2D eigenvalue weighted by atomic mass is 16.5. The van der Waals surface area contributed by atoms with Crippen molar-refractivity contribution in [3.05, 3.63) is 29.7 Å². The predicted molar refractivity (Wildman–Crippen MR) is 76.9 cm³/mol. The van der Waals surface area contributed by atoms with E-state index in [1.165, 1.54) is 0 Å². The fourth-order valence-electron chi connectivity index (χ4n) is 2.51. The Labute approximate surface area is 123 Å². The minimum Gasteiger partial charge on any atom is -0.496 e. The van der Waals surface area contributed by atoms with Crippen LogP contribution < -0.4 is 10.5 Å². The molecule has 0 unspecified atom stereocenters. The molecule has 2 heterocycles. The zero-order chi connectivity index (χ0) is 14.9. The molecule has 0 aliphatic carbocycles. The van der Waals surface area contributed by atoms with Crippen LogP contribution in [0.4, 0.5) is 0 Å². The number of nitrogens with zero attached hydrogens (tertiary/aromatic N) is 2. The fourth-order valence-corrected chi connectivity index (χ4v) is 2.51. The van der Waals surface area contributed by atoms with Crippen LogP contribution in [0.5, 0.6) is 5.75 Å². The number of nitrogens with two attached hydrogens (primary N) is 1. The molecule has 1 saturated heterocycles. The second kappa shape index (κ2) is 5.46. The zero-order valence-corrected chi connectivity index (χ0v) is 12.3. The SMILES string of the molecule is COc1ccc(-c2noc(C3(N)CCOCC3)n2)cc1C. The summed E-state index contributed by atoms with van der Waals surface area (Å²) in [5.74, 6) is 1.86. The van der Waals surface area contributed by atoms with Crippen molar-refractivity contribution in [1.29, 1.82) is 0 Å². The summed E-state index contributed by atoms with van der Waals surface area (Å²) in [6, 6.07) is 5.78. The van der Waals surface area contributed by atoms with Crippen LogP contribution in [0.1, 0.15) is 24.3 Å². The van der Waals surface area contributed by atoms with Gasteiger partial charge in [-0.2, -0.15) is 4.98 Å². The highest BCUT2D eigenvalue weighted by Gasteiger charge is 2.35. The normalized spacial score (nSPS) is 17.7. The summed E-state index contributed by atoms with van der Waals surface area (Å²) in [7, 11) is 1.65. The molecule has 0 bridgehead atoms. The molecule has 1 aliphatic heterocycles. The first kappa shape index (κ1) is 14.0. The Hall–Kier alpha value is -1.92. The van der Waals surface area contributed by atoms with Gasteiger partial charge in [-0.25, -0.2) is 0 Å². The van der Waals surface area contributed by atoms with Crippen molar-refractivity contribution in [2.75, 3.05) is 20.3 Å². The molecule has 0 radical (unpaired) electrons. The van der Waals surface area contributed by atoms with Gasteiger partial charge in [0.05, 0.1) is 7.11 Å². The van der Waals surface area contributed by atoms with Gasteiger partial charge in [-0.1, -0.05) is 5.16 Å². The lowest BCUT2D eigenvalue weighted by Crippen LogP contribution is -2.42. The lowest BCUT2D eigenvalue weighted by molar-refractivity contribution is 0.0400. The van der Waals surface area contributed by atoms with E-state index in [1.54, 1.807) is 7.11 Å². The molecule has 0 spiro atoms. The Morgan fingerprint density at radius 1 is 1.29 bits per heavy atom. The lowest BCUT2D eigenvalue weighted by Gasteiger charge is -2.29. The van der Waals surface area contributed by atoms with Gasteiger partial charge in [0.2, 0.25) is 11.7 Å². The molecule has 0 atom stereocenters. The summed E-state index contributed by atoms with van der Waals surface area (Å²) in [6.07, 6.45) is 1.38. The lowest BCUT2D eigenvalue weighted by atomic mass is 9.91. The average molecular weight is 289 g/mol. The van der Waals surface area contributed by atoms with Crippen molar-refractivity contribution < 1.29 is 14.0 Å². The van der Waals surface area contributed by atoms with Crippen molar-refractivity contribution in [3.8, 4) is 17.1 Å². The minimum atomic E-state index is -0.578. The second-order valence-corrected chi connectivity index (χ2v) is 5.38. The molecular weight excluding hydrogens is 270 g/mol. The van der Waals surface area contributed by atoms with E-state index in [0.717, 1.165) is 16.9 Å². The van der Waals surface area contributed by atoms with Crippen molar-refractivity contribution >= 4 is 0 Å². The van der Waals surface area contributed by atoms with E-state index in [0.29, 0.717) is 37.8 Å². The van der Waals surface area contributed by atoms with Crippen molar-refractivity contribution in [2.24, 2.45) is 5.73 Å². The number of hydrogen-bond donors (Lipinski definition) is 1. The molecule has 0 amide bonds. The summed E-state index contributed by atoms with van der Waals surface area (Å²) in [4.78, 5) is 4.47. The van der Waals surface area contributed by atoms with E-state index in [-0.39, 0.29) is 0 Å². The van der Waals surface area contributed by atoms with Crippen LogP contribution in [0.15, 0.2) is 22.7 Å². The highest BCUT2D eigenvalue weighted by molar-refractivity contribution is 5.58. The molecule has 2 aromatic rings. The molecule has 1 aromatic heterocycles. The number of aryl methyl sites for hydroxylation is 1. The van der Waals surface area contributed by atoms with Crippen LogP contribution in [0.2, 0.25) is 0 Å². The number of aromatic nitrogens is 2. The maximum atomic E-state index is 6.35. The zero-order valence-electron chi connectivity index (χ0n) is 12.3. The number of rotatable bonds is 3. The largest absolute Gasteiger partial charge is 0.496 e. The summed E-state index contributed by atoms with van der Waals surface area (Å²) < 4.78 is 16.0. The van der Waals surface area contributed by atoms with Crippen LogP contribution in [0, 0.1) is 6.92 Å². The van der Waals surface area contributed by atoms with Crippen molar-refractivity contribution in [2.45, 2.75) is 25.3 Å². The summed E-state index contributed by atoms with van der Waals surface area (Å²) in [5.41, 5.74) is 7.68. The summed E-state index contributed by atoms with van der Waals surface area (Å²) in [6.45, 7) is 3.22. The van der Waals surface area contributed by atoms with E-state index in [4.69, 9.17) is 19.7 Å². The van der Waals surface area contributed by atoms with Crippen LogP contribution >= 0.6 is 0 Å². The molecule has 3 rings (SSSR count). The van der Waals surface area contributed by atoms with E-state index in [1.807, 2.05) is 25.1 Å². The third kappa shape index (κ3) is 2.64. The summed E-state index contributed by atoms with van der Waals surface area (Å²) in [5, 5.41) is 4.06. The van der Waals surface area contributed by atoms with Gasteiger partial charge in [0, 0.05) is 18.8 Å². The molecule has 6 heteroatoms. The molecule has 1 aliphatic rings. The van der Waals surface area contributed by atoms with Gasteiger partial charge in [-0.15, -0.1) is 0 Å². The number of ether oxygens (including phenoxy) is 2. The smallest absolute Gasteiger partial charge is 0.247 e. The third-order valence-electron chi connectivity index (χ3n) is 3.89. The molecule has 112 valence electrons. The maximum Gasteiger partial charge on any atom is 0.247 e. The maximum absolute atomic E-state index is 6.35. The predicted octanol–water partition coefficient (Wildman–Crippen LogP) is 2.02. The van der Waals surface area contributed by atoms with Gasteiger partial charge in [-0.05, 0) is 43.5 Å². The molecule has 0 saturated carbocycles. The Morgan fingerprint density at radius 2 is 2.05 bits per heavy atom. The van der Waals surface area contributed by atoms with Crippen LogP contribution in [-0.4, -0.2) is 30.5 Å². The molecule has 21 heavy (non-hydrogen) atoms. The monoisotopic (exact) mass is 289 g/mol. The third-order valence-corrected chi connectivity index (χ3v) is 3.89. The Kier molecular flexibility index (Phi) is 3.65. The molecular formula is C15H19N3O3. The van der Waals surface area contributed by atoms with Gasteiger partial charge in [-0.3, -0.25) is 0 Å². The first-order valence-corrected chi connectivity index (χ1v) is 6.98. The topological polar surface area (TPSA) is 83.4 Å². The van der Waals surface area contributed by atoms with Crippen LogP contribution in [-0.2, 0) is 10.3 Å². The first-order chi connectivity index (χ1) is 10.1. The number of methoxy groups -OCH3 is 1. The number of benzene rings is 1. The summed E-state index contributed by atoms with van der Waals surface area (Å²) >= 11 is 0. The molecule has 6 nitrogen and oxygen atoms in total. The second-order valence-electron chi connectivity index (χ2n) is 5.38. The van der Waals surface area contributed by atoms with E-state index >= 15 is 0 Å².